The molecule has 0 unspecified atom stereocenters. The van der Waals surface area contributed by atoms with Crippen molar-refractivity contribution in [2.24, 2.45) is 0 Å². The van der Waals surface area contributed by atoms with Gasteiger partial charge < -0.3 is 0 Å². The molecule has 0 bridgehead atoms. The van der Waals surface area contributed by atoms with E-state index < -0.39 is 10.0 Å². The van der Waals surface area contributed by atoms with Crippen LogP contribution in [0.15, 0.2) is 18.2 Å². The standard InChI is InChI=1S/C10H13ClN2O3S/c1-17(15,16)13-6-7(5-11)9-3-2-8(12-14)4-10(9)13/h2-4,7,12,14H,5-6H2,1H3/t7-/m1/s1. The van der Waals surface area contributed by atoms with Crippen LogP contribution in [0.25, 0.3) is 0 Å². The zero-order chi connectivity index (χ0) is 12.6. The summed E-state index contributed by atoms with van der Waals surface area (Å²) in [5.41, 5.74) is 3.93. The van der Waals surface area contributed by atoms with Gasteiger partial charge in [0.1, 0.15) is 0 Å². The molecule has 1 aromatic carbocycles. The number of hydrogen-bond acceptors (Lipinski definition) is 4. The fraction of sp³-hybridized carbons (Fsp3) is 0.400. The van der Waals surface area contributed by atoms with Crippen LogP contribution in [0.1, 0.15) is 11.5 Å². The third-order valence-electron chi connectivity index (χ3n) is 2.84. The van der Waals surface area contributed by atoms with E-state index in [9.17, 15) is 8.42 Å². The van der Waals surface area contributed by atoms with Crippen molar-refractivity contribution in [1.82, 2.24) is 0 Å². The smallest absolute Gasteiger partial charge is 0.232 e. The third-order valence-corrected chi connectivity index (χ3v) is 4.36. The second-order valence-corrected chi connectivity index (χ2v) is 6.25. The molecular formula is C10H13ClN2O3S. The van der Waals surface area contributed by atoms with Gasteiger partial charge in [0.15, 0.2) is 0 Å². The molecule has 7 heteroatoms. The summed E-state index contributed by atoms with van der Waals surface area (Å²) < 4.78 is 24.6. The van der Waals surface area contributed by atoms with Gasteiger partial charge in [-0.3, -0.25) is 15.0 Å². The fourth-order valence-electron chi connectivity index (χ4n) is 2.02. The van der Waals surface area contributed by atoms with Gasteiger partial charge in [0.25, 0.3) is 0 Å². The first kappa shape index (κ1) is 12.5. The number of sulfonamides is 1. The fourth-order valence-corrected chi connectivity index (χ4v) is 3.25. The van der Waals surface area contributed by atoms with Crippen molar-refractivity contribution in [1.29, 1.82) is 0 Å². The lowest BCUT2D eigenvalue weighted by Gasteiger charge is -2.17. The molecule has 0 saturated carbocycles. The lowest BCUT2D eigenvalue weighted by atomic mass is 10.0. The van der Waals surface area contributed by atoms with Crippen LogP contribution in [-0.2, 0) is 10.0 Å². The molecule has 2 N–H and O–H groups in total. The molecule has 1 aromatic rings. The van der Waals surface area contributed by atoms with E-state index in [1.54, 1.807) is 18.2 Å². The Labute approximate surface area is 105 Å². The molecule has 0 aliphatic carbocycles. The van der Waals surface area contributed by atoms with E-state index in [1.807, 2.05) is 5.48 Å². The number of hydrogen-bond donors (Lipinski definition) is 2. The lowest BCUT2D eigenvalue weighted by molar-refractivity contribution is 0.389. The van der Waals surface area contributed by atoms with Crippen LogP contribution in [0.4, 0.5) is 11.4 Å². The molecule has 0 spiro atoms. The maximum Gasteiger partial charge on any atom is 0.232 e. The third kappa shape index (κ3) is 2.20. The van der Waals surface area contributed by atoms with Crippen molar-refractivity contribution in [3.63, 3.8) is 0 Å². The van der Waals surface area contributed by atoms with E-state index in [1.165, 1.54) is 4.31 Å². The van der Waals surface area contributed by atoms with Crippen LogP contribution in [-0.4, -0.2) is 32.3 Å². The van der Waals surface area contributed by atoms with E-state index in [2.05, 4.69) is 0 Å². The minimum Gasteiger partial charge on any atom is -0.291 e. The number of rotatable bonds is 3. The van der Waals surface area contributed by atoms with E-state index >= 15 is 0 Å². The molecule has 0 aromatic heterocycles. The van der Waals surface area contributed by atoms with Gasteiger partial charge in [0.05, 0.1) is 17.6 Å². The number of fused-ring (bicyclic) bond motifs is 1. The SMILES string of the molecule is CS(=O)(=O)N1C[C@@H](CCl)c2ccc(NO)cc21. The van der Waals surface area contributed by atoms with Crippen molar-refractivity contribution >= 4 is 33.0 Å². The predicted molar refractivity (Wildman–Crippen MR) is 67.5 cm³/mol. The Morgan fingerprint density at radius 3 is 2.82 bits per heavy atom. The van der Waals surface area contributed by atoms with Crippen LogP contribution in [0, 0.1) is 0 Å². The van der Waals surface area contributed by atoms with Gasteiger partial charge in [-0.25, -0.2) is 8.42 Å². The van der Waals surface area contributed by atoms with Crippen LogP contribution in [0.3, 0.4) is 0 Å². The molecule has 0 fully saturated rings. The Morgan fingerprint density at radius 1 is 1.59 bits per heavy atom. The minimum absolute atomic E-state index is 0.00543. The quantitative estimate of drug-likeness (QED) is 0.650. The molecule has 17 heavy (non-hydrogen) atoms. The van der Waals surface area contributed by atoms with Crippen molar-refractivity contribution in [2.45, 2.75) is 5.92 Å². The summed E-state index contributed by atoms with van der Waals surface area (Å²) in [5, 5.41) is 8.84. The first-order chi connectivity index (χ1) is 7.97. The summed E-state index contributed by atoms with van der Waals surface area (Å²) in [6.45, 7) is 0.354. The summed E-state index contributed by atoms with van der Waals surface area (Å²) in [6, 6.07) is 5.07. The molecule has 1 atom stereocenters. The Kier molecular flexibility index (Phi) is 3.20. The average molecular weight is 277 g/mol. The Hall–Kier alpha value is -0.980. The number of benzene rings is 1. The summed E-state index contributed by atoms with van der Waals surface area (Å²) in [6.07, 6.45) is 1.16. The summed E-state index contributed by atoms with van der Waals surface area (Å²) in [7, 11) is -3.32. The highest BCUT2D eigenvalue weighted by atomic mass is 35.5. The van der Waals surface area contributed by atoms with E-state index in [-0.39, 0.29) is 5.92 Å². The van der Waals surface area contributed by atoms with Crippen LogP contribution in [0.2, 0.25) is 0 Å². The van der Waals surface area contributed by atoms with Crippen molar-refractivity contribution in [3.05, 3.63) is 23.8 Å². The van der Waals surface area contributed by atoms with Gasteiger partial charge in [0, 0.05) is 18.3 Å². The average Bonchev–Trinajstić information content (AvgIpc) is 2.66. The highest BCUT2D eigenvalue weighted by Gasteiger charge is 2.33. The first-order valence-corrected chi connectivity index (χ1v) is 7.43. The number of nitrogens with one attached hydrogen (secondary N) is 1. The summed E-state index contributed by atoms with van der Waals surface area (Å²) in [5.74, 6) is 0.361. The van der Waals surface area contributed by atoms with E-state index in [4.69, 9.17) is 16.8 Å². The maximum atomic E-state index is 11.7. The van der Waals surface area contributed by atoms with Crippen LogP contribution >= 0.6 is 11.6 Å². The topological polar surface area (TPSA) is 69.6 Å². The molecule has 5 nitrogen and oxygen atoms in total. The lowest BCUT2D eigenvalue weighted by Crippen LogP contribution is -2.28. The molecule has 94 valence electrons. The first-order valence-electron chi connectivity index (χ1n) is 5.05. The molecule has 0 amide bonds. The highest BCUT2D eigenvalue weighted by Crippen LogP contribution is 2.39. The van der Waals surface area contributed by atoms with Gasteiger partial charge in [-0.15, -0.1) is 11.6 Å². The van der Waals surface area contributed by atoms with Crippen LogP contribution < -0.4 is 9.79 Å². The van der Waals surface area contributed by atoms with Crippen molar-refractivity contribution in [2.75, 3.05) is 28.5 Å². The highest BCUT2D eigenvalue weighted by molar-refractivity contribution is 7.92. The molecule has 1 heterocycles. The van der Waals surface area contributed by atoms with Crippen molar-refractivity contribution < 1.29 is 13.6 Å². The Bertz CT molecular complexity index is 532. The second kappa shape index (κ2) is 4.36. The molecule has 2 rings (SSSR count). The predicted octanol–water partition coefficient (Wildman–Crippen LogP) is 1.59. The summed E-state index contributed by atoms with van der Waals surface area (Å²) >= 11 is 5.84. The van der Waals surface area contributed by atoms with E-state index in [0.29, 0.717) is 23.8 Å². The molecule has 1 aliphatic heterocycles. The molecule has 0 saturated heterocycles. The minimum atomic E-state index is -3.32. The monoisotopic (exact) mass is 276 g/mol. The molecular weight excluding hydrogens is 264 g/mol. The Balaban J connectivity index is 2.53. The maximum absolute atomic E-state index is 11.7. The van der Waals surface area contributed by atoms with E-state index in [0.717, 1.165) is 11.8 Å². The number of anilines is 2. The largest absolute Gasteiger partial charge is 0.291 e. The number of alkyl halides is 1. The van der Waals surface area contributed by atoms with Gasteiger partial charge in [-0.2, -0.15) is 0 Å². The van der Waals surface area contributed by atoms with Crippen LogP contribution in [0.5, 0.6) is 0 Å². The molecule has 0 radical (unpaired) electrons. The van der Waals surface area contributed by atoms with Gasteiger partial charge in [-0.1, -0.05) is 6.07 Å². The van der Waals surface area contributed by atoms with Gasteiger partial charge >= 0.3 is 0 Å². The molecule has 1 aliphatic rings. The zero-order valence-corrected chi connectivity index (χ0v) is 10.8. The van der Waals surface area contributed by atoms with Gasteiger partial charge in [0.2, 0.25) is 10.0 Å². The number of nitrogens with zero attached hydrogens (tertiary/aromatic N) is 1. The number of halogens is 1. The second-order valence-electron chi connectivity index (χ2n) is 4.03. The van der Waals surface area contributed by atoms with Crippen molar-refractivity contribution in [3.8, 4) is 0 Å². The van der Waals surface area contributed by atoms with Gasteiger partial charge in [-0.05, 0) is 17.7 Å². The normalized spacial score (nSPS) is 19.2. The zero-order valence-electron chi connectivity index (χ0n) is 9.22. The summed E-state index contributed by atoms with van der Waals surface area (Å²) in [4.78, 5) is 0. The Morgan fingerprint density at radius 2 is 2.29 bits per heavy atom.